The van der Waals surface area contributed by atoms with Gasteiger partial charge in [0.25, 0.3) is 0 Å². The molecular weight excluding hydrogens is 186 g/mol. The van der Waals surface area contributed by atoms with Crippen molar-refractivity contribution in [3.05, 3.63) is 35.9 Å². The van der Waals surface area contributed by atoms with Gasteiger partial charge in [-0.3, -0.25) is 0 Å². The molecule has 0 spiro atoms. The first-order valence-electron chi connectivity index (χ1n) is 5.60. The van der Waals surface area contributed by atoms with Crippen molar-refractivity contribution in [2.24, 2.45) is 0 Å². The second-order valence-electron chi connectivity index (χ2n) is 4.08. The van der Waals surface area contributed by atoms with Gasteiger partial charge in [0.1, 0.15) is 0 Å². The summed E-state index contributed by atoms with van der Waals surface area (Å²) in [6.07, 6.45) is 0.713. The van der Waals surface area contributed by atoms with Gasteiger partial charge in [0.05, 0.1) is 6.10 Å². The molecule has 0 amide bonds. The smallest absolute Gasteiger partial charge is 0.0942 e. The quantitative estimate of drug-likeness (QED) is 0.801. The number of rotatable bonds is 5. The van der Waals surface area contributed by atoms with E-state index in [1.54, 1.807) is 0 Å². The molecule has 1 rings (SSSR count). The van der Waals surface area contributed by atoms with E-state index in [9.17, 15) is 5.11 Å². The zero-order valence-corrected chi connectivity index (χ0v) is 9.85. The molecule has 2 nitrogen and oxygen atoms in total. The highest BCUT2D eigenvalue weighted by atomic mass is 16.3. The Morgan fingerprint density at radius 1 is 1.27 bits per heavy atom. The number of hydrogen-bond donors (Lipinski definition) is 1. The van der Waals surface area contributed by atoms with Gasteiger partial charge in [-0.1, -0.05) is 37.3 Å². The van der Waals surface area contributed by atoms with E-state index in [1.165, 1.54) is 0 Å². The molecule has 15 heavy (non-hydrogen) atoms. The standard InChI is InChI=1S/C13H21NO/c1-4-10-14(3)11(2)13(15)12-8-6-5-7-9-12/h5-9,11,13,15H,4,10H2,1-3H3. The second kappa shape index (κ2) is 5.89. The van der Waals surface area contributed by atoms with Crippen LogP contribution in [0.1, 0.15) is 31.9 Å². The van der Waals surface area contributed by atoms with Crippen LogP contribution < -0.4 is 0 Å². The van der Waals surface area contributed by atoms with Crippen molar-refractivity contribution in [3.8, 4) is 0 Å². The lowest BCUT2D eigenvalue weighted by molar-refractivity contribution is 0.0727. The van der Waals surface area contributed by atoms with Crippen LogP contribution >= 0.6 is 0 Å². The van der Waals surface area contributed by atoms with Crippen LogP contribution in [0.25, 0.3) is 0 Å². The molecule has 1 aromatic rings. The van der Waals surface area contributed by atoms with Crippen LogP contribution in [-0.2, 0) is 0 Å². The van der Waals surface area contributed by atoms with Gasteiger partial charge in [-0.2, -0.15) is 0 Å². The maximum absolute atomic E-state index is 10.1. The summed E-state index contributed by atoms with van der Waals surface area (Å²) < 4.78 is 0. The third kappa shape index (κ3) is 3.33. The lowest BCUT2D eigenvalue weighted by Crippen LogP contribution is -2.34. The first kappa shape index (κ1) is 12.2. The monoisotopic (exact) mass is 207 g/mol. The Hall–Kier alpha value is -0.860. The molecule has 84 valence electrons. The van der Waals surface area contributed by atoms with Gasteiger partial charge in [0.2, 0.25) is 0 Å². The number of nitrogens with zero attached hydrogens (tertiary/aromatic N) is 1. The Kier molecular flexibility index (Phi) is 4.79. The van der Waals surface area contributed by atoms with Crippen molar-refractivity contribution in [1.82, 2.24) is 4.90 Å². The molecule has 0 aliphatic carbocycles. The molecule has 1 N–H and O–H groups in total. The Labute approximate surface area is 92.5 Å². The summed E-state index contributed by atoms with van der Waals surface area (Å²) in [5, 5.41) is 10.1. The molecule has 0 bridgehead atoms. The average molecular weight is 207 g/mol. The minimum Gasteiger partial charge on any atom is -0.387 e. The van der Waals surface area contributed by atoms with Crippen LogP contribution in [0.2, 0.25) is 0 Å². The van der Waals surface area contributed by atoms with Gasteiger partial charge >= 0.3 is 0 Å². The molecule has 0 saturated carbocycles. The molecule has 0 aliphatic rings. The molecule has 0 heterocycles. The highest BCUT2D eigenvalue weighted by Crippen LogP contribution is 2.19. The van der Waals surface area contributed by atoms with Crippen LogP contribution in [0.15, 0.2) is 30.3 Å². The number of aliphatic hydroxyl groups is 1. The Morgan fingerprint density at radius 3 is 2.40 bits per heavy atom. The van der Waals surface area contributed by atoms with E-state index in [4.69, 9.17) is 0 Å². The number of hydrogen-bond acceptors (Lipinski definition) is 2. The zero-order chi connectivity index (χ0) is 11.3. The number of benzene rings is 1. The van der Waals surface area contributed by atoms with E-state index in [0.29, 0.717) is 0 Å². The lowest BCUT2D eigenvalue weighted by atomic mass is 10.0. The van der Waals surface area contributed by atoms with Crippen molar-refractivity contribution in [3.63, 3.8) is 0 Å². The minimum atomic E-state index is -0.400. The van der Waals surface area contributed by atoms with Gasteiger partial charge in [0, 0.05) is 6.04 Å². The first-order chi connectivity index (χ1) is 7.16. The van der Waals surface area contributed by atoms with E-state index in [2.05, 4.69) is 25.8 Å². The summed E-state index contributed by atoms with van der Waals surface area (Å²) in [4.78, 5) is 2.19. The van der Waals surface area contributed by atoms with Crippen LogP contribution in [0.4, 0.5) is 0 Å². The lowest BCUT2D eigenvalue weighted by Gasteiger charge is -2.28. The Morgan fingerprint density at radius 2 is 1.87 bits per heavy atom. The van der Waals surface area contributed by atoms with E-state index in [0.717, 1.165) is 18.5 Å². The molecule has 0 radical (unpaired) electrons. The Bertz CT molecular complexity index is 273. The average Bonchev–Trinajstić information content (AvgIpc) is 2.28. The van der Waals surface area contributed by atoms with E-state index in [1.807, 2.05) is 30.3 Å². The van der Waals surface area contributed by atoms with Crippen LogP contribution in [0, 0.1) is 0 Å². The normalized spacial score (nSPS) is 15.3. The second-order valence-corrected chi connectivity index (χ2v) is 4.08. The van der Waals surface area contributed by atoms with E-state index in [-0.39, 0.29) is 6.04 Å². The maximum Gasteiger partial charge on any atom is 0.0942 e. The number of likely N-dealkylation sites (N-methyl/N-ethyl adjacent to an activating group) is 1. The summed E-state index contributed by atoms with van der Waals surface area (Å²) in [7, 11) is 2.06. The third-order valence-corrected chi connectivity index (χ3v) is 2.87. The van der Waals surface area contributed by atoms with Crippen molar-refractivity contribution in [2.45, 2.75) is 32.4 Å². The highest BCUT2D eigenvalue weighted by Gasteiger charge is 2.19. The predicted molar refractivity (Wildman–Crippen MR) is 63.8 cm³/mol. The Balaban J connectivity index is 2.64. The fraction of sp³-hybridized carbons (Fsp3) is 0.538. The summed E-state index contributed by atoms with van der Waals surface area (Å²) in [6.45, 7) is 5.23. The molecule has 2 atom stereocenters. The summed E-state index contributed by atoms with van der Waals surface area (Å²) in [5.74, 6) is 0. The van der Waals surface area contributed by atoms with Gasteiger partial charge in [-0.25, -0.2) is 0 Å². The van der Waals surface area contributed by atoms with Crippen LogP contribution in [0.5, 0.6) is 0 Å². The predicted octanol–water partition coefficient (Wildman–Crippen LogP) is 2.45. The minimum absolute atomic E-state index is 0.160. The zero-order valence-electron chi connectivity index (χ0n) is 9.85. The molecular formula is C13H21NO. The van der Waals surface area contributed by atoms with Crippen LogP contribution in [0.3, 0.4) is 0 Å². The van der Waals surface area contributed by atoms with Gasteiger partial charge in [0.15, 0.2) is 0 Å². The van der Waals surface area contributed by atoms with Gasteiger partial charge in [-0.15, -0.1) is 0 Å². The largest absolute Gasteiger partial charge is 0.387 e. The summed E-state index contributed by atoms with van der Waals surface area (Å²) in [5.41, 5.74) is 0.993. The summed E-state index contributed by atoms with van der Waals surface area (Å²) in [6, 6.07) is 10.0. The molecule has 0 aliphatic heterocycles. The molecule has 2 heteroatoms. The van der Waals surface area contributed by atoms with Gasteiger partial charge in [-0.05, 0) is 32.5 Å². The molecule has 0 fully saturated rings. The van der Waals surface area contributed by atoms with Crippen LogP contribution in [-0.4, -0.2) is 29.6 Å². The maximum atomic E-state index is 10.1. The van der Waals surface area contributed by atoms with Crippen molar-refractivity contribution in [2.75, 3.05) is 13.6 Å². The SMILES string of the molecule is CCCN(C)C(C)C(O)c1ccccc1. The van der Waals surface area contributed by atoms with Gasteiger partial charge < -0.3 is 10.0 Å². The summed E-state index contributed by atoms with van der Waals surface area (Å²) >= 11 is 0. The topological polar surface area (TPSA) is 23.5 Å². The van der Waals surface area contributed by atoms with Crippen molar-refractivity contribution < 1.29 is 5.11 Å². The van der Waals surface area contributed by atoms with Crippen molar-refractivity contribution in [1.29, 1.82) is 0 Å². The van der Waals surface area contributed by atoms with E-state index < -0.39 is 6.10 Å². The fourth-order valence-electron chi connectivity index (χ4n) is 1.73. The highest BCUT2D eigenvalue weighted by molar-refractivity contribution is 5.18. The molecule has 0 aromatic heterocycles. The fourth-order valence-corrected chi connectivity index (χ4v) is 1.73. The first-order valence-corrected chi connectivity index (χ1v) is 5.60. The number of aliphatic hydroxyl groups excluding tert-OH is 1. The third-order valence-electron chi connectivity index (χ3n) is 2.87. The molecule has 1 aromatic carbocycles. The van der Waals surface area contributed by atoms with E-state index >= 15 is 0 Å². The molecule has 2 unspecified atom stereocenters. The molecule has 0 saturated heterocycles. The van der Waals surface area contributed by atoms with Crippen molar-refractivity contribution >= 4 is 0 Å².